The Morgan fingerprint density at radius 2 is 1.97 bits per heavy atom. The van der Waals surface area contributed by atoms with Crippen molar-refractivity contribution in [3.05, 3.63) is 68.0 Å². The lowest BCUT2D eigenvalue weighted by Gasteiger charge is -2.21. The Morgan fingerprint density at radius 1 is 1.17 bits per heavy atom. The second-order valence-corrected chi connectivity index (χ2v) is 8.97. The smallest absolute Gasteiger partial charge is 0.321 e. The summed E-state index contributed by atoms with van der Waals surface area (Å²) in [6, 6.07) is 9.37. The Labute approximate surface area is 177 Å². The van der Waals surface area contributed by atoms with Crippen LogP contribution >= 0.6 is 11.8 Å². The van der Waals surface area contributed by atoms with Gasteiger partial charge in [-0.2, -0.15) is 11.8 Å². The number of aromatic nitrogens is 3. The molecule has 2 aromatic heterocycles. The fourth-order valence-electron chi connectivity index (χ4n) is 3.85. The van der Waals surface area contributed by atoms with Gasteiger partial charge in [-0.05, 0) is 49.1 Å². The molecule has 1 aliphatic carbocycles. The van der Waals surface area contributed by atoms with Crippen molar-refractivity contribution in [2.24, 2.45) is 0 Å². The van der Waals surface area contributed by atoms with Gasteiger partial charge in [0.2, 0.25) is 0 Å². The number of hydrogen-bond acceptors (Lipinski definition) is 5. The van der Waals surface area contributed by atoms with Gasteiger partial charge in [0.1, 0.15) is 11.3 Å². The highest BCUT2D eigenvalue weighted by atomic mass is 32.2. The van der Waals surface area contributed by atoms with E-state index >= 15 is 0 Å². The zero-order valence-corrected chi connectivity index (χ0v) is 17.6. The quantitative estimate of drug-likeness (QED) is 0.578. The van der Waals surface area contributed by atoms with Crippen LogP contribution in [0.4, 0.5) is 5.69 Å². The highest BCUT2D eigenvalue weighted by molar-refractivity contribution is 7.99. The van der Waals surface area contributed by atoms with Crippen molar-refractivity contribution >= 4 is 34.4 Å². The average Bonchev–Trinajstić information content (AvgIpc) is 2.72. The van der Waals surface area contributed by atoms with E-state index < -0.39 is 17.2 Å². The third-order valence-corrected chi connectivity index (χ3v) is 6.80. The average molecular weight is 425 g/mol. The summed E-state index contributed by atoms with van der Waals surface area (Å²) in [6.07, 6.45) is 6.58. The molecule has 0 atom stereocenters. The number of fused-ring (bicyclic) bond motifs is 1. The number of H-pyrrole nitrogens is 2. The topological polar surface area (TPSA) is 108 Å². The van der Waals surface area contributed by atoms with E-state index in [9.17, 15) is 14.4 Å². The van der Waals surface area contributed by atoms with Crippen molar-refractivity contribution in [1.82, 2.24) is 15.0 Å². The molecule has 3 N–H and O–H groups in total. The van der Waals surface area contributed by atoms with Gasteiger partial charge in [0.25, 0.3) is 11.5 Å². The molecule has 0 unspecified atom stereocenters. The number of rotatable bonds is 5. The number of carbonyl (C=O) groups is 1. The van der Waals surface area contributed by atoms with Crippen molar-refractivity contribution in [2.45, 2.75) is 50.0 Å². The number of benzene rings is 1. The molecule has 7 nitrogen and oxygen atoms in total. The lowest BCUT2D eigenvalue weighted by atomic mass is 10.0. The van der Waals surface area contributed by atoms with Crippen molar-refractivity contribution in [3.63, 3.8) is 0 Å². The van der Waals surface area contributed by atoms with Gasteiger partial charge in [-0.1, -0.05) is 31.4 Å². The van der Waals surface area contributed by atoms with Gasteiger partial charge >= 0.3 is 5.69 Å². The van der Waals surface area contributed by atoms with Crippen molar-refractivity contribution < 1.29 is 4.79 Å². The van der Waals surface area contributed by atoms with E-state index in [1.165, 1.54) is 37.7 Å². The molecule has 1 aromatic carbocycles. The van der Waals surface area contributed by atoms with Gasteiger partial charge in [-0.25, -0.2) is 9.78 Å². The lowest BCUT2D eigenvalue weighted by Crippen LogP contribution is -2.24. The normalized spacial score (nSPS) is 14.7. The first-order valence-electron chi connectivity index (χ1n) is 10.2. The number of nitrogens with zero attached hydrogens (tertiary/aromatic N) is 1. The number of aryl methyl sites for hydroxylation is 1. The first kappa shape index (κ1) is 20.4. The second kappa shape index (κ2) is 8.87. The molecule has 0 bridgehead atoms. The van der Waals surface area contributed by atoms with Gasteiger partial charge in [0.15, 0.2) is 0 Å². The van der Waals surface area contributed by atoms with Gasteiger partial charge < -0.3 is 5.32 Å². The van der Waals surface area contributed by atoms with Crippen molar-refractivity contribution in [1.29, 1.82) is 0 Å². The number of pyridine rings is 1. The van der Waals surface area contributed by atoms with Crippen LogP contribution in [0, 0.1) is 6.92 Å². The molecule has 3 aromatic rings. The molecule has 8 heteroatoms. The monoisotopic (exact) mass is 424 g/mol. The molecule has 2 heterocycles. The third kappa shape index (κ3) is 4.64. The first-order chi connectivity index (χ1) is 14.5. The first-order valence-corrected chi connectivity index (χ1v) is 11.2. The molecule has 1 aliphatic rings. The summed E-state index contributed by atoms with van der Waals surface area (Å²) < 4.78 is 0. The number of hydrogen-bond donors (Lipinski definition) is 3. The van der Waals surface area contributed by atoms with Crippen LogP contribution in [0.1, 0.15) is 53.7 Å². The molecule has 30 heavy (non-hydrogen) atoms. The zero-order chi connectivity index (χ0) is 21.1. The summed E-state index contributed by atoms with van der Waals surface area (Å²) in [4.78, 5) is 45.1. The van der Waals surface area contributed by atoms with Crippen LogP contribution in [0.15, 0.2) is 39.9 Å². The molecule has 156 valence electrons. The number of anilines is 1. The van der Waals surface area contributed by atoms with Crippen LogP contribution in [0.3, 0.4) is 0 Å². The standard InChI is InChI=1S/C22H24N4O3S/c1-13-10-17(24-19-18(13)21(28)26-22(29)25-19)20(27)23-15-7-5-6-14(11-15)12-30-16-8-3-2-4-9-16/h5-7,10-11,16H,2-4,8-9,12H2,1H3,(H,23,27)(H2,24,25,26,28,29). The second-order valence-electron chi connectivity index (χ2n) is 7.68. The summed E-state index contributed by atoms with van der Waals surface area (Å²) >= 11 is 1.99. The molecule has 0 radical (unpaired) electrons. The van der Waals surface area contributed by atoms with Crippen molar-refractivity contribution in [3.8, 4) is 0 Å². The molecular weight excluding hydrogens is 400 g/mol. The predicted octanol–water partition coefficient (Wildman–Crippen LogP) is 3.74. The Morgan fingerprint density at radius 3 is 2.77 bits per heavy atom. The summed E-state index contributed by atoms with van der Waals surface area (Å²) in [5.74, 6) is 0.532. The Balaban J connectivity index is 1.50. The maximum absolute atomic E-state index is 12.7. The minimum absolute atomic E-state index is 0.103. The molecule has 1 amide bonds. The van der Waals surface area contributed by atoms with E-state index in [1.807, 2.05) is 30.0 Å². The van der Waals surface area contributed by atoms with Gasteiger partial charge in [-0.15, -0.1) is 0 Å². The van der Waals surface area contributed by atoms with E-state index in [0.29, 0.717) is 11.3 Å². The Bertz CT molecular complexity index is 1190. The van der Waals surface area contributed by atoms with E-state index in [0.717, 1.165) is 11.0 Å². The van der Waals surface area contributed by atoms with Gasteiger partial charge in [0, 0.05) is 16.7 Å². The number of amides is 1. The Hall–Kier alpha value is -2.87. The number of nitrogens with one attached hydrogen (secondary N) is 3. The predicted molar refractivity (Wildman–Crippen MR) is 120 cm³/mol. The lowest BCUT2D eigenvalue weighted by molar-refractivity contribution is 0.102. The van der Waals surface area contributed by atoms with Crippen LogP contribution in [0.5, 0.6) is 0 Å². The molecule has 0 aliphatic heterocycles. The maximum atomic E-state index is 12.7. The molecule has 1 fully saturated rings. The minimum Gasteiger partial charge on any atom is -0.321 e. The number of aromatic amines is 2. The summed E-state index contributed by atoms with van der Waals surface area (Å²) in [7, 11) is 0. The number of carbonyl (C=O) groups excluding carboxylic acids is 1. The molecule has 4 rings (SSSR count). The van der Waals surface area contributed by atoms with Gasteiger partial charge in [-0.3, -0.25) is 19.6 Å². The van der Waals surface area contributed by atoms with E-state index in [-0.39, 0.29) is 16.7 Å². The van der Waals surface area contributed by atoms with Crippen LogP contribution in [0.25, 0.3) is 11.0 Å². The third-order valence-electron chi connectivity index (χ3n) is 5.36. The van der Waals surface area contributed by atoms with Crippen LogP contribution < -0.4 is 16.6 Å². The summed E-state index contributed by atoms with van der Waals surface area (Å²) in [5.41, 5.74) is 1.51. The minimum atomic E-state index is -0.653. The number of thioether (sulfide) groups is 1. The molecular formula is C22H24N4O3S. The maximum Gasteiger partial charge on any atom is 0.327 e. The fraction of sp³-hybridized carbons (Fsp3) is 0.364. The van der Waals surface area contributed by atoms with Crippen molar-refractivity contribution in [2.75, 3.05) is 5.32 Å². The molecule has 0 spiro atoms. The Kier molecular flexibility index (Phi) is 6.03. The van der Waals surface area contributed by atoms with Crippen LogP contribution in [-0.4, -0.2) is 26.1 Å². The van der Waals surface area contributed by atoms with Crippen LogP contribution in [-0.2, 0) is 5.75 Å². The zero-order valence-electron chi connectivity index (χ0n) is 16.8. The highest BCUT2D eigenvalue weighted by Crippen LogP contribution is 2.30. The molecule has 0 saturated heterocycles. The SMILES string of the molecule is Cc1cc(C(=O)Nc2cccc(CSC3CCCCC3)c2)nc2[nH]c(=O)[nH]c(=O)c12. The highest BCUT2D eigenvalue weighted by Gasteiger charge is 2.15. The van der Waals surface area contributed by atoms with Crippen LogP contribution in [0.2, 0.25) is 0 Å². The molecule has 1 saturated carbocycles. The largest absolute Gasteiger partial charge is 0.327 e. The van der Waals surface area contributed by atoms with E-state index in [4.69, 9.17) is 0 Å². The summed E-state index contributed by atoms with van der Waals surface area (Å²) in [6.45, 7) is 1.71. The van der Waals surface area contributed by atoms with E-state index in [1.54, 1.807) is 13.0 Å². The van der Waals surface area contributed by atoms with Gasteiger partial charge in [0.05, 0.1) is 5.39 Å². The fourth-order valence-corrected chi connectivity index (χ4v) is 5.12. The summed E-state index contributed by atoms with van der Waals surface area (Å²) in [5, 5.41) is 3.87. The van der Waals surface area contributed by atoms with E-state index in [2.05, 4.69) is 26.3 Å².